The number of likely N-dealkylation sites (tertiary alicyclic amines) is 1. The molecule has 0 radical (unpaired) electrons. The Bertz CT molecular complexity index is 450. The Hall–Kier alpha value is -1.59. The van der Waals surface area contributed by atoms with Crippen LogP contribution in [0.4, 0.5) is 4.79 Å². The maximum absolute atomic E-state index is 12.3. The van der Waals surface area contributed by atoms with Crippen LogP contribution in [0, 0.1) is 6.92 Å². The second kappa shape index (κ2) is 5.19. The second-order valence-electron chi connectivity index (χ2n) is 5.97. The van der Waals surface area contributed by atoms with E-state index in [4.69, 9.17) is 4.74 Å². The van der Waals surface area contributed by atoms with Gasteiger partial charge in [-0.25, -0.2) is 9.48 Å². The maximum Gasteiger partial charge on any atom is 0.412 e. The highest BCUT2D eigenvalue weighted by Crippen LogP contribution is 2.27. The van der Waals surface area contributed by atoms with Crippen molar-refractivity contribution >= 4 is 6.09 Å². The van der Waals surface area contributed by atoms with Crippen LogP contribution in [0.25, 0.3) is 0 Å². The average Bonchev–Trinajstić information content (AvgIpc) is 2.73. The minimum atomic E-state index is -0.476. The van der Waals surface area contributed by atoms with Crippen LogP contribution in [0.2, 0.25) is 0 Å². The molecule has 1 amide bonds. The number of carbonyl (C=O) groups is 1. The number of amides is 1. The number of hydrogen-bond donors (Lipinski definition) is 0. The van der Waals surface area contributed by atoms with Gasteiger partial charge in [0.25, 0.3) is 0 Å². The molecular weight excluding hydrogens is 244 g/mol. The first-order valence-electron chi connectivity index (χ1n) is 6.75. The number of carbonyl (C=O) groups excluding carboxylic acids is 1. The summed E-state index contributed by atoms with van der Waals surface area (Å²) >= 11 is 0. The van der Waals surface area contributed by atoms with E-state index in [9.17, 15) is 4.79 Å². The van der Waals surface area contributed by atoms with Gasteiger partial charge in [0.2, 0.25) is 0 Å². The molecule has 1 unspecified atom stereocenters. The number of hydrogen-bond acceptors (Lipinski definition) is 4. The third kappa shape index (κ3) is 3.24. The molecule has 2 rings (SSSR count). The summed E-state index contributed by atoms with van der Waals surface area (Å²) in [5.41, 5.74) is 0.483. The monoisotopic (exact) mass is 266 g/mol. The molecule has 0 saturated carbocycles. The first kappa shape index (κ1) is 13.8. The van der Waals surface area contributed by atoms with Crippen molar-refractivity contribution in [1.82, 2.24) is 19.9 Å². The summed E-state index contributed by atoms with van der Waals surface area (Å²) in [6.07, 6.45) is 4.34. The fraction of sp³-hybridized carbons (Fsp3) is 0.769. The number of aryl methyl sites for hydroxylation is 1. The summed E-state index contributed by atoms with van der Waals surface area (Å²) in [4.78, 5) is 14.0. The lowest BCUT2D eigenvalue weighted by atomic mass is 10.1. The standard InChI is InChI=1S/C13H22N4O2/c1-10-9-14-15-17(10)11-7-5-6-8-16(11)12(18)19-13(2,3)4/h9,11H,5-8H2,1-4H3. The summed E-state index contributed by atoms with van der Waals surface area (Å²) in [5.74, 6) is 0. The lowest BCUT2D eigenvalue weighted by molar-refractivity contribution is -0.00411. The molecule has 19 heavy (non-hydrogen) atoms. The Morgan fingerprint density at radius 1 is 1.42 bits per heavy atom. The highest BCUT2D eigenvalue weighted by Gasteiger charge is 2.32. The zero-order valence-corrected chi connectivity index (χ0v) is 12.1. The van der Waals surface area contributed by atoms with Crippen molar-refractivity contribution in [2.45, 2.75) is 58.7 Å². The van der Waals surface area contributed by atoms with Crippen LogP contribution < -0.4 is 0 Å². The maximum atomic E-state index is 12.3. The second-order valence-corrected chi connectivity index (χ2v) is 5.97. The Morgan fingerprint density at radius 3 is 2.74 bits per heavy atom. The lowest BCUT2D eigenvalue weighted by Gasteiger charge is -2.36. The number of piperidine rings is 1. The first-order valence-corrected chi connectivity index (χ1v) is 6.75. The van der Waals surface area contributed by atoms with Crippen molar-refractivity contribution in [3.63, 3.8) is 0 Å². The van der Waals surface area contributed by atoms with Gasteiger partial charge in [0.15, 0.2) is 0 Å². The normalized spacial score (nSPS) is 20.4. The predicted molar refractivity (Wildman–Crippen MR) is 70.6 cm³/mol. The van der Waals surface area contributed by atoms with E-state index in [1.54, 1.807) is 11.1 Å². The minimum Gasteiger partial charge on any atom is -0.444 e. The van der Waals surface area contributed by atoms with Crippen molar-refractivity contribution in [2.24, 2.45) is 0 Å². The van der Waals surface area contributed by atoms with E-state index < -0.39 is 5.60 Å². The molecular formula is C13H22N4O2. The molecule has 2 heterocycles. The van der Waals surface area contributed by atoms with Gasteiger partial charge in [0.1, 0.15) is 11.8 Å². The topological polar surface area (TPSA) is 60.2 Å². The summed E-state index contributed by atoms with van der Waals surface area (Å²) in [6, 6.07) is 0. The molecule has 0 aliphatic carbocycles. The molecule has 1 atom stereocenters. The highest BCUT2D eigenvalue weighted by atomic mass is 16.6. The van der Waals surface area contributed by atoms with Crippen LogP contribution in [0.3, 0.4) is 0 Å². The van der Waals surface area contributed by atoms with Crippen LogP contribution in [0.15, 0.2) is 6.20 Å². The van der Waals surface area contributed by atoms with Crippen LogP contribution in [-0.2, 0) is 4.74 Å². The number of aromatic nitrogens is 3. The van der Waals surface area contributed by atoms with E-state index in [0.29, 0.717) is 6.54 Å². The van der Waals surface area contributed by atoms with Gasteiger partial charge in [-0.05, 0) is 47.0 Å². The molecule has 1 saturated heterocycles. The van der Waals surface area contributed by atoms with Gasteiger partial charge < -0.3 is 4.74 Å². The van der Waals surface area contributed by atoms with Crippen LogP contribution in [0.1, 0.15) is 51.9 Å². The van der Waals surface area contributed by atoms with Gasteiger partial charge in [0.05, 0.1) is 11.9 Å². The molecule has 1 aromatic heterocycles. The predicted octanol–water partition coefficient (Wildman–Crippen LogP) is 2.51. The Kier molecular flexibility index (Phi) is 3.78. The smallest absolute Gasteiger partial charge is 0.412 e. The van der Waals surface area contributed by atoms with Gasteiger partial charge in [-0.3, -0.25) is 4.90 Å². The largest absolute Gasteiger partial charge is 0.444 e. The van der Waals surface area contributed by atoms with E-state index >= 15 is 0 Å². The molecule has 0 bridgehead atoms. The molecule has 1 aliphatic rings. The van der Waals surface area contributed by atoms with Crippen molar-refractivity contribution in [2.75, 3.05) is 6.54 Å². The van der Waals surface area contributed by atoms with Gasteiger partial charge in [-0.15, -0.1) is 5.10 Å². The van der Waals surface area contributed by atoms with E-state index in [1.165, 1.54) is 0 Å². The zero-order valence-electron chi connectivity index (χ0n) is 12.1. The van der Waals surface area contributed by atoms with Gasteiger partial charge in [-0.2, -0.15) is 0 Å². The van der Waals surface area contributed by atoms with Crippen LogP contribution in [-0.4, -0.2) is 38.1 Å². The van der Waals surface area contributed by atoms with E-state index in [-0.39, 0.29) is 12.3 Å². The van der Waals surface area contributed by atoms with Crippen molar-refractivity contribution < 1.29 is 9.53 Å². The average molecular weight is 266 g/mol. The molecule has 6 heteroatoms. The van der Waals surface area contributed by atoms with Crippen LogP contribution >= 0.6 is 0 Å². The fourth-order valence-corrected chi connectivity index (χ4v) is 2.29. The van der Waals surface area contributed by atoms with E-state index in [2.05, 4.69) is 10.3 Å². The Labute approximate surface area is 113 Å². The third-order valence-corrected chi connectivity index (χ3v) is 3.14. The van der Waals surface area contributed by atoms with Crippen LogP contribution in [0.5, 0.6) is 0 Å². The number of nitrogens with zero attached hydrogens (tertiary/aromatic N) is 4. The van der Waals surface area contributed by atoms with Crippen molar-refractivity contribution in [3.05, 3.63) is 11.9 Å². The SMILES string of the molecule is Cc1cnnn1C1CCCCN1C(=O)OC(C)(C)C. The van der Waals surface area contributed by atoms with Crippen molar-refractivity contribution in [1.29, 1.82) is 0 Å². The summed E-state index contributed by atoms with van der Waals surface area (Å²) in [7, 11) is 0. The number of rotatable bonds is 1. The Balaban J connectivity index is 2.17. The molecule has 0 spiro atoms. The minimum absolute atomic E-state index is 0.0777. The third-order valence-electron chi connectivity index (χ3n) is 3.14. The van der Waals surface area contributed by atoms with Gasteiger partial charge in [0, 0.05) is 6.54 Å². The highest BCUT2D eigenvalue weighted by molar-refractivity contribution is 5.68. The fourth-order valence-electron chi connectivity index (χ4n) is 2.29. The molecule has 1 fully saturated rings. The first-order chi connectivity index (χ1) is 8.88. The molecule has 0 aromatic carbocycles. The zero-order chi connectivity index (χ0) is 14.0. The molecule has 1 aromatic rings. The van der Waals surface area contributed by atoms with Crippen molar-refractivity contribution in [3.8, 4) is 0 Å². The Morgan fingerprint density at radius 2 is 2.16 bits per heavy atom. The molecule has 6 nitrogen and oxygen atoms in total. The van der Waals surface area contributed by atoms with E-state index in [1.807, 2.05) is 32.4 Å². The van der Waals surface area contributed by atoms with Gasteiger partial charge in [-0.1, -0.05) is 5.21 Å². The summed E-state index contributed by atoms with van der Waals surface area (Å²) in [6.45, 7) is 8.29. The molecule has 0 N–H and O–H groups in total. The van der Waals surface area contributed by atoms with E-state index in [0.717, 1.165) is 25.0 Å². The molecule has 106 valence electrons. The van der Waals surface area contributed by atoms with Gasteiger partial charge >= 0.3 is 6.09 Å². The summed E-state index contributed by atoms with van der Waals surface area (Å²) in [5, 5.41) is 7.99. The lowest BCUT2D eigenvalue weighted by Crippen LogP contribution is -2.44. The number of ether oxygens (including phenoxy) is 1. The quantitative estimate of drug-likeness (QED) is 0.783. The summed E-state index contributed by atoms with van der Waals surface area (Å²) < 4.78 is 7.28. The molecule has 1 aliphatic heterocycles.